The Morgan fingerprint density at radius 1 is 1.13 bits per heavy atom. The molecule has 0 fully saturated rings. The fourth-order valence-electron chi connectivity index (χ4n) is 2.63. The second kappa shape index (κ2) is 9.80. The Morgan fingerprint density at radius 2 is 1.90 bits per heavy atom. The molecule has 30 heavy (non-hydrogen) atoms. The van der Waals surface area contributed by atoms with Gasteiger partial charge in [-0.15, -0.1) is 0 Å². The lowest BCUT2D eigenvalue weighted by Crippen LogP contribution is -2.22. The van der Waals surface area contributed by atoms with E-state index in [9.17, 15) is 4.79 Å². The first-order valence-electron chi connectivity index (χ1n) is 9.09. The van der Waals surface area contributed by atoms with Crippen molar-refractivity contribution in [2.75, 3.05) is 26.3 Å². The van der Waals surface area contributed by atoms with E-state index in [0.29, 0.717) is 35.2 Å². The number of nitrogens with zero attached hydrogens (tertiary/aromatic N) is 3. The van der Waals surface area contributed by atoms with Crippen molar-refractivity contribution in [3.8, 4) is 22.9 Å². The number of aromatic nitrogens is 2. The van der Waals surface area contributed by atoms with Gasteiger partial charge < -0.3 is 14.2 Å². The first-order valence-corrected chi connectivity index (χ1v) is 9.47. The number of nitrogens with one attached hydrogen (secondary N) is 1. The molecule has 156 valence electrons. The maximum absolute atomic E-state index is 12.6. The quantitative estimate of drug-likeness (QED) is 0.434. The molecule has 0 spiro atoms. The number of ether oxygens (including phenoxy) is 3. The van der Waals surface area contributed by atoms with Crippen molar-refractivity contribution < 1.29 is 14.2 Å². The maximum atomic E-state index is 12.6. The zero-order chi connectivity index (χ0) is 21.5. The minimum Gasteiger partial charge on any atom is -0.497 e. The van der Waals surface area contributed by atoms with E-state index >= 15 is 0 Å². The fraction of sp³-hybridized carbons (Fsp3) is 0.190. The van der Waals surface area contributed by atoms with Crippen LogP contribution >= 0.6 is 11.6 Å². The van der Waals surface area contributed by atoms with E-state index in [2.05, 4.69) is 15.6 Å². The van der Waals surface area contributed by atoms with Gasteiger partial charge in [-0.1, -0.05) is 11.6 Å². The van der Waals surface area contributed by atoms with Crippen LogP contribution in [0, 0.1) is 0 Å². The summed E-state index contributed by atoms with van der Waals surface area (Å²) in [6.45, 7) is 2.44. The van der Waals surface area contributed by atoms with Crippen LogP contribution in [0.3, 0.4) is 0 Å². The number of hydrogen-bond acceptors (Lipinski definition) is 7. The molecule has 0 radical (unpaired) electrons. The molecule has 0 saturated carbocycles. The van der Waals surface area contributed by atoms with E-state index in [1.807, 2.05) is 13.0 Å². The van der Waals surface area contributed by atoms with Crippen LogP contribution in [0.4, 0.5) is 5.69 Å². The number of methoxy groups -OCH3 is 2. The molecule has 9 heteroatoms. The molecule has 3 rings (SSSR count). The third-order valence-electron chi connectivity index (χ3n) is 4.12. The van der Waals surface area contributed by atoms with Crippen LogP contribution in [0.15, 0.2) is 58.6 Å². The van der Waals surface area contributed by atoms with Crippen molar-refractivity contribution in [3.63, 3.8) is 0 Å². The Morgan fingerprint density at radius 3 is 2.57 bits per heavy atom. The summed E-state index contributed by atoms with van der Waals surface area (Å²) in [6.07, 6.45) is 3.01. The van der Waals surface area contributed by atoms with Gasteiger partial charge in [0.05, 0.1) is 38.9 Å². The Bertz CT molecular complexity index is 1100. The van der Waals surface area contributed by atoms with Crippen LogP contribution in [-0.2, 0) is 0 Å². The number of hydrazone groups is 1. The monoisotopic (exact) mass is 428 g/mol. The molecule has 0 amide bonds. The van der Waals surface area contributed by atoms with E-state index < -0.39 is 5.56 Å². The molecule has 0 bridgehead atoms. The maximum Gasteiger partial charge on any atom is 0.292 e. The van der Waals surface area contributed by atoms with E-state index in [0.717, 1.165) is 5.56 Å². The minimum atomic E-state index is -0.468. The van der Waals surface area contributed by atoms with Gasteiger partial charge in [0.25, 0.3) is 5.56 Å². The van der Waals surface area contributed by atoms with Crippen LogP contribution < -0.4 is 25.2 Å². The van der Waals surface area contributed by atoms with Crippen molar-refractivity contribution in [2.24, 2.45) is 5.10 Å². The van der Waals surface area contributed by atoms with E-state index in [4.69, 9.17) is 25.8 Å². The number of hydrogen-bond donors (Lipinski definition) is 1. The van der Waals surface area contributed by atoms with Crippen molar-refractivity contribution in [1.82, 2.24) is 9.78 Å². The summed E-state index contributed by atoms with van der Waals surface area (Å²) in [5, 5.41) is 8.26. The molecule has 8 nitrogen and oxygen atoms in total. The summed E-state index contributed by atoms with van der Waals surface area (Å²) in [5.41, 5.74) is 3.92. The highest BCUT2D eigenvalue weighted by atomic mass is 35.5. The molecule has 0 saturated heterocycles. The van der Waals surface area contributed by atoms with Crippen molar-refractivity contribution in [3.05, 3.63) is 69.6 Å². The van der Waals surface area contributed by atoms with Gasteiger partial charge in [0.1, 0.15) is 16.5 Å². The van der Waals surface area contributed by atoms with Crippen molar-refractivity contribution in [2.45, 2.75) is 6.92 Å². The smallest absolute Gasteiger partial charge is 0.292 e. The van der Waals surface area contributed by atoms with Gasteiger partial charge in [-0.05, 0) is 55.0 Å². The van der Waals surface area contributed by atoms with Gasteiger partial charge in [-0.3, -0.25) is 10.2 Å². The van der Waals surface area contributed by atoms with Crippen LogP contribution in [0.1, 0.15) is 12.5 Å². The molecule has 0 atom stereocenters. The molecule has 0 aliphatic heterocycles. The van der Waals surface area contributed by atoms with Crippen LogP contribution in [0.25, 0.3) is 5.69 Å². The molecule has 0 unspecified atom stereocenters. The van der Waals surface area contributed by atoms with Gasteiger partial charge in [0.2, 0.25) is 0 Å². The van der Waals surface area contributed by atoms with Gasteiger partial charge in [0, 0.05) is 0 Å². The zero-order valence-electron chi connectivity index (χ0n) is 16.8. The Kier molecular flexibility index (Phi) is 6.92. The fourth-order valence-corrected chi connectivity index (χ4v) is 2.80. The lowest BCUT2D eigenvalue weighted by atomic mass is 10.2. The Balaban J connectivity index is 1.77. The highest BCUT2D eigenvalue weighted by molar-refractivity contribution is 6.32. The van der Waals surface area contributed by atoms with Gasteiger partial charge in [-0.25, -0.2) is 0 Å². The second-order valence-electron chi connectivity index (χ2n) is 6.00. The normalized spacial score (nSPS) is 10.8. The van der Waals surface area contributed by atoms with Crippen LogP contribution in [0.5, 0.6) is 17.2 Å². The van der Waals surface area contributed by atoms with Crippen molar-refractivity contribution in [1.29, 1.82) is 0 Å². The summed E-state index contributed by atoms with van der Waals surface area (Å²) < 4.78 is 17.1. The molecule has 3 aromatic rings. The minimum absolute atomic E-state index is 0.0257. The molecule has 0 aliphatic carbocycles. The Labute approximate surface area is 178 Å². The summed E-state index contributed by atoms with van der Waals surface area (Å²) >= 11 is 6.22. The third kappa shape index (κ3) is 4.72. The Hall–Kier alpha value is -3.52. The van der Waals surface area contributed by atoms with E-state index in [1.54, 1.807) is 56.8 Å². The summed E-state index contributed by atoms with van der Waals surface area (Å²) in [5.74, 6) is 1.93. The number of anilines is 1. The predicted molar refractivity (Wildman–Crippen MR) is 117 cm³/mol. The number of halogens is 1. The first-order chi connectivity index (χ1) is 14.6. The van der Waals surface area contributed by atoms with Gasteiger partial charge in [0.15, 0.2) is 11.5 Å². The lowest BCUT2D eigenvalue weighted by molar-refractivity contribution is 0.311. The highest BCUT2D eigenvalue weighted by Gasteiger charge is 2.10. The molecule has 0 aliphatic rings. The first kappa shape index (κ1) is 21.2. The molecule has 1 N–H and O–H groups in total. The molecular formula is C21H21ClN4O4. The second-order valence-corrected chi connectivity index (χ2v) is 6.38. The topological polar surface area (TPSA) is 87.0 Å². The van der Waals surface area contributed by atoms with Crippen LogP contribution in [-0.4, -0.2) is 36.8 Å². The highest BCUT2D eigenvalue weighted by Crippen LogP contribution is 2.27. The summed E-state index contributed by atoms with van der Waals surface area (Å²) in [7, 11) is 3.14. The molecule has 2 aromatic carbocycles. The van der Waals surface area contributed by atoms with Crippen molar-refractivity contribution >= 4 is 23.5 Å². The zero-order valence-corrected chi connectivity index (χ0v) is 17.5. The summed E-state index contributed by atoms with van der Waals surface area (Å²) in [6, 6.07) is 12.3. The standard InChI is InChI=1S/C21H21ClN4O4/c1-4-30-18-10-5-14(11-19(18)29-3)12-23-25-17-13-24-26(21(27)20(17)22)15-6-8-16(28-2)9-7-15/h5-13,25H,4H2,1-3H3/b23-12-. The SMILES string of the molecule is CCOc1ccc(/C=N\Nc2cnn(-c3ccc(OC)cc3)c(=O)c2Cl)cc1OC. The van der Waals surface area contributed by atoms with Gasteiger partial charge >= 0.3 is 0 Å². The molecular weight excluding hydrogens is 408 g/mol. The van der Waals surface area contributed by atoms with E-state index in [1.165, 1.54) is 10.9 Å². The predicted octanol–water partition coefficient (Wildman–Crippen LogP) is 3.75. The van der Waals surface area contributed by atoms with Gasteiger partial charge in [-0.2, -0.15) is 14.9 Å². The summed E-state index contributed by atoms with van der Waals surface area (Å²) in [4.78, 5) is 12.6. The molecule has 1 aromatic heterocycles. The third-order valence-corrected chi connectivity index (χ3v) is 4.49. The number of rotatable bonds is 8. The molecule has 1 heterocycles. The average molecular weight is 429 g/mol. The largest absolute Gasteiger partial charge is 0.497 e. The van der Waals surface area contributed by atoms with Crippen LogP contribution in [0.2, 0.25) is 5.02 Å². The number of benzene rings is 2. The van der Waals surface area contributed by atoms with E-state index in [-0.39, 0.29) is 5.02 Å². The average Bonchev–Trinajstić information content (AvgIpc) is 2.78. The lowest BCUT2D eigenvalue weighted by Gasteiger charge is -2.10.